The molecule has 1 aliphatic rings. The molecule has 0 aliphatic carbocycles. The van der Waals surface area contributed by atoms with E-state index in [1.54, 1.807) is 0 Å². The van der Waals surface area contributed by atoms with Crippen LogP contribution in [0.25, 0.3) is 0 Å². The zero-order chi connectivity index (χ0) is 15.7. The topological polar surface area (TPSA) is 101 Å². The first-order valence-electron chi connectivity index (χ1n) is 6.77. The van der Waals surface area contributed by atoms with Crippen molar-refractivity contribution in [2.24, 2.45) is 0 Å². The SMILES string of the molecule is CC(C)(C)Nc1nccc(C(=O)NC2CCS(=O)(=O)C2)n1. The molecule has 116 valence electrons. The first-order valence-corrected chi connectivity index (χ1v) is 8.59. The van der Waals surface area contributed by atoms with Gasteiger partial charge in [-0.15, -0.1) is 0 Å². The minimum absolute atomic E-state index is 0.00305. The van der Waals surface area contributed by atoms with Crippen LogP contribution < -0.4 is 10.6 Å². The summed E-state index contributed by atoms with van der Waals surface area (Å²) in [6.07, 6.45) is 1.95. The van der Waals surface area contributed by atoms with Gasteiger partial charge in [0.15, 0.2) is 9.84 Å². The number of amides is 1. The van der Waals surface area contributed by atoms with Crippen LogP contribution in [0.4, 0.5) is 5.95 Å². The molecule has 2 N–H and O–H groups in total. The minimum atomic E-state index is -3.02. The molecule has 0 bridgehead atoms. The lowest BCUT2D eigenvalue weighted by atomic mass is 10.1. The maximum Gasteiger partial charge on any atom is 0.270 e. The predicted octanol–water partition coefficient (Wildman–Crippen LogP) is 0.604. The number of anilines is 1. The number of nitrogens with zero attached hydrogens (tertiary/aromatic N) is 2. The van der Waals surface area contributed by atoms with Gasteiger partial charge < -0.3 is 10.6 Å². The van der Waals surface area contributed by atoms with Gasteiger partial charge in [0.1, 0.15) is 5.69 Å². The molecule has 1 amide bonds. The number of aromatic nitrogens is 2. The van der Waals surface area contributed by atoms with Crippen LogP contribution in [0.5, 0.6) is 0 Å². The molecule has 1 aromatic rings. The number of rotatable bonds is 3. The molecule has 0 saturated carbocycles. The Hall–Kier alpha value is -1.70. The normalized spacial score (nSPS) is 21.0. The van der Waals surface area contributed by atoms with E-state index in [9.17, 15) is 13.2 Å². The van der Waals surface area contributed by atoms with Crippen molar-refractivity contribution in [3.63, 3.8) is 0 Å². The van der Waals surface area contributed by atoms with Gasteiger partial charge in [0, 0.05) is 17.8 Å². The Morgan fingerprint density at radius 1 is 1.38 bits per heavy atom. The molecule has 1 fully saturated rings. The smallest absolute Gasteiger partial charge is 0.270 e. The first-order chi connectivity index (χ1) is 9.65. The molecule has 1 aromatic heterocycles. The monoisotopic (exact) mass is 312 g/mol. The van der Waals surface area contributed by atoms with E-state index in [-0.39, 0.29) is 34.7 Å². The van der Waals surface area contributed by atoms with Crippen LogP contribution in [-0.4, -0.2) is 47.4 Å². The van der Waals surface area contributed by atoms with Gasteiger partial charge in [-0.3, -0.25) is 4.79 Å². The van der Waals surface area contributed by atoms with Gasteiger partial charge in [-0.2, -0.15) is 0 Å². The second kappa shape index (κ2) is 5.59. The van der Waals surface area contributed by atoms with Crippen LogP contribution in [0.2, 0.25) is 0 Å². The van der Waals surface area contributed by atoms with Gasteiger partial charge in [0.25, 0.3) is 5.91 Å². The fourth-order valence-corrected chi connectivity index (χ4v) is 3.72. The van der Waals surface area contributed by atoms with Crippen molar-refractivity contribution in [2.45, 2.75) is 38.8 Å². The number of hydrogen-bond acceptors (Lipinski definition) is 6. The first kappa shape index (κ1) is 15.7. The number of nitrogens with one attached hydrogen (secondary N) is 2. The van der Waals surface area contributed by atoms with Crippen LogP contribution in [0.1, 0.15) is 37.7 Å². The third kappa shape index (κ3) is 4.66. The largest absolute Gasteiger partial charge is 0.350 e. The second-order valence-electron chi connectivity index (χ2n) is 6.21. The van der Waals surface area contributed by atoms with Crippen molar-refractivity contribution in [1.82, 2.24) is 15.3 Å². The Morgan fingerprint density at radius 3 is 2.67 bits per heavy atom. The number of carbonyl (C=O) groups is 1. The van der Waals surface area contributed by atoms with Gasteiger partial charge in [0.2, 0.25) is 5.95 Å². The number of sulfone groups is 1. The molecule has 1 aliphatic heterocycles. The quantitative estimate of drug-likeness (QED) is 0.848. The van der Waals surface area contributed by atoms with E-state index in [1.807, 2.05) is 20.8 Å². The molecule has 1 saturated heterocycles. The van der Waals surface area contributed by atoms with E-state index in [1.165, 1.54) is 12.3 Å². The summed E-state index contributed by atoms with van der Waals surface area (Å²) in [4.78, 5) is 20.3. The summed E-state index contributed by atoms with van der Waals surface area (Å²) in [5.74, 6) is 0.112. The van der Waals surface area contributed by atoms with Gasteiger partial charge >= 0.3 is 0 Å². The molecule has 7 nitrogen and oxygen atoms in total. The van der Waals surface area contributed by atoms with Gasteiger partial charge in [-0.1, -0.05) is 0 Å². The van der Waals surface area contributed by atoms with Crippen LogP contribution in [0.15, 0.2) is 12.3 Å². The highest BCUT2D eigenvalue weighted by Crippen LogP contribution is 2.13. The van der Waals surface area contributed by atoms with E-state index < -0.39 is 9.84 Å². The standard InChI is InChI=1S/C13H20N4O3S/c1-13(2,3)17-12-14-6-4-10(16-12)11(18)15-9-5-7-21(19,20)8-9/h4,6,9H,5,7-8H2,1-3H3,(H,15,18)(H,14,16,17). The lowest BCUT2D eigenvalue weighted by molar-refractivity contribution is 0.0936. The molecule has 2 heterocycles. The predicted molar refractivity (Wildman–Crippen MR) is 79.9 cm³/mol. The van der Waals surface area contributed by atoms with Gasteiger partial charge in [-0.25, -0.2) is 18.4 Å². The van der Waals surface area contributed by atoms with Gasteiger partial charge in [0.05, 0.1) is 11.5 Å². The highest BCUT2D eigenvalue weighted by molar-refractivity contribution is 7.91. The maximum atomic E-state index is 12.1. The summed E-state index contributed by atoms with van der Waals surface area (Å²) in [6.45, 7) is 5.89. The van der Waals surface area contributed by atoms with Crippen molar-refractivity contribution in [1.29, 1.82) is 0 Å². The highest BCUT2D eigenvalue weighted by atomic mass is 32.2. The summed E-state index contributed by atoms with van der Waals surface area (Å²) in [7, 11) is -3.02. The van der Waals surface area contributed by atoms with E-state index in [0.29, 0.717) is 12.4 Å². The molecule has 0 aromatic carbocycles. The average Bonchev–Trinajstić information content (AvgIpc) is 2.66. The molecule has 8 heteroatoms. The van der Waals surface area contributed by atoms with Crippen LogP contribution in [0, 0.1) is 0 Å². The lowest BCUT2D eigenvalue weighted by Crippen LogP contribution is -2.36. The Balaban J connectivity index is 2.04. The Morgan fingerprint density at radius 2 is 2.10 bits per heavy atom. The van der Waals surface area contributed by atoms with Crippen LogP contribution >= 0.6 is 0 Å². The Bertz CT molecular complexity index is 637. The summed E-state index contributed by atoms with van der Waals surface area (Å²) in [5.41, 5.74) is 0.00953. The zero-order valence-electron chi connectivity index (χ0n) is 12.4. The van der Waals surface area contributed by atoms with E-state index in [0.717, 1.165) is 0 Å². The van der Waals surface area contributed by atoms with Crippen molar-refractivity contribution < 1.29 is 13.2 Å². The molecule has 2 rings (SSSR count). The summed E-state index contributed by atoms with van der Waals surface area (Å²) < 4.78 is 22.8. The molecule has 0 spiro atoms. The molecule has 1 unspecified atom stereocenters. The maximum absolute atomic E-state index is 12.1. The summed E-state index contributed by atoms with van der Waals surface area (Å²) in [6, 6.07) is 1.17. The molecule has 21 heavy (non-hydrogen) atoms. The molecular weight excluding hydrogens is 292 g/mol. The van der Waals surface area contributed by atoms with Crippen LogP contribution in [-0.2, 0) is 9.84 Å². The number of carbonyl (C=O) groups excluding carboxylic acids is 1. The van der Waals surface area contributed by atoms with E-state index >= 15 is 0 Å². The van der Waals surface area contributed by atoms with Crippen molar-refractivity contribution >= 4 is 21.7 Å². The molecule has 0 radical (unpaired) electrons. The molecule has 1 atom stereocenters. The third-order valence-corrected chi connectivity index (χ3v) is 4.71. The van der Waals surface area contributed by atoms with Gasteiger partial charge in [-0.05, 0) is 33.3 Å². The minimum Gasteiger partial charge on any atom is -0.350 e. The van der Waals surface area contributed by atoms with E-state index in [2.05, 4.69) is 20.6 Å². The van der Waals surface area contributed by atoms with E-state index in [4.69, 9.17) is 0 Å². The fourth-order valence-electron chi connectivity index (χ4n) is 2.05. The van der Waals surface area contributed by atoms with Crippen molar-refractivity contribution in [3.8, 4) is 0 Å². The highest BCUT2D eigenvalue weighted by Gasteiger charge is 2.29. The third-order valence-electron chi connectivity index (χ3n) is 2.94. The Kier molecular flexibility index (Phi) is 4.18. The zero-order valence-corrected chi connectivity index (χ0v) is 13.2. The summed E-state index contributed by atoms with van der Waals surface area (Å²) >= 11 is 0. The number of hydrogen-bond donors (Lipinski definition) is 2. The lowest BCUT2D eigenvalue weighted by Gasteiger charge is -2.20. The Labute approximate surface area is 124 Å². The fraction of sp³-hybridized carbons (Fsp3) is 0.615. The van der Waals surface area contributed by atoms with Crippen LogP contribution in [0.3, 0.4) is 0 Å². The van der Waals surface area contributed by atoms with Crippen molar-refractivity contribution in [3.05, 3.63) is 18.0 Å². The summed E-state index contributed by atoms with van der Waals surface area (Å²) in [5, 5.41) is 5.79. The van der Waals surface area contributed by atoms with Crippen molar-refractivity contribution in [2.75, 3.05) is 16.8 Å². The average molecular weight is 312 g/mol. The molecular formula is C13H20N4O3S. The second-order valence-corrected chi connectivity index (χ2v) is 8.44.